The summed E-state index contributed by atoms with van der Waals surface area (Å²) in [6, 6.07) is 13.0. The SMILES string of the molecule is CC(C)OC(=O)C1=C(C(=O)c2ccc(Cl)cc2)N2N=Cc3ccccc3[C@H]2[C@@H]1C(=O)OC(C)C. The lowest BCUT2D eigenvalue weighted by Gasteiger charge is -2.31. The summed E-state index contributed by atoms with van der Waals surface area (Å²) in [5, 5.41) is 6.41. The molecular formula is C26H25ClN2O5. The van der Waals surface area contributed by atoms with Gasteiger partial charge in [0.2, 0.25) is 5.78 Å². The van der Waals surface area contributed by atoms with Crippen LogP contribution in [0.3, 0.4) is 0 Å². The van der Waals surface area contributed by atoms with Crippen molar-refractivity contribution < 1.29 is 23.9 Å². The summed E-state index contributed by atoms with van der Waals surface area (Å²) in [5.41, 5.74) is 1.80. The zero-order chi connectivity index (χ0) is 24.6. The first-order chi connectivity index (χ1) is 16.2. The Morgan fingerprint density at radius 3 is 2.24 bits per heavy atom. The molecule has 176 valence electrons. The van der Waals surface area contributed by atoms with Crippen molar-refractivity contribution in [2.75, 3.05) is 0 Å². The molecule has 2 aromatic carbocycles. The van der Waals surface area contributed by atoms with Gasteiger partial charge < -0.3 is 9.47 Å². The number of esters is 2. The van der Waals surface area contributed by atoms with E-state index in [1.807, 2.05) is 24.3 Å². The molecule has 0 N–H and O–H groups in total. The molecule has 2 aliphatic rings. The second kappa shape index (κ2) is 9.43. The molecule has 0 saturated heterocycles. The quantitative estimate of drug-likeness (QED) is 0.440. The number of hydrogen-bond acceptors (Lipinski definition) is 7. The highest BCUT2D eigenvalue weighted by molar-refractivity contribution is 6.30. The standard InChI is InChI=1S/C26H25ClN2O5/c1-14(2)33-25(31)20-21(26(32)34-15(3)4)23(24(30)16-9-11-18(27)12-10-16)29-22(20)19-8-6-5-7-17(19)13-28-29/h5-15,20,22H,1-4H3/t20-,22+/m1/s1. The maximum Gasteiger partial charge on any atom is 0.337 e. The van der Waals surface area contributed by atoms with Gasteiger partial charge in [0.25, 0.3) is 0 Å². The van der Waals surface area contributed by atoms with Gasteiger partial charge in [0.1, 0.15) is 11.6 Å². The van der Waals surface area contributed by atoms with Gasteiger partial charge in [0.15, 0.2) is 0 Å². The molecule has 0 radical (unpaired) electrons. The van der Waals surface area contributed by atoms with Crippen molar-refractivity contribution >= 4 is 35.5 Å². The Labute approximate surface area is 203 Å². The zero-order valence-electron chi connectivity index (χ0n) is 19.3. The number of allylic oxidation sites excluding steroid dienone is 1. The second-order valence-electron chi connectivity index (χ2n) is 8.68. The molecule has 0 bridgehead atoms. The largest absolute Gasteiger partial charge is 0.462 e. The average Bonchev–Trinajstić information content (AvgIpc) is 3.14. The molecule has 8 heteroatoms. The van der Waals surface area contributed by atoms with Gasteiger partial charge in [-0.3, -0.25) is 14.6 Å². The number of ether oxygens (including phenoxy) is 2. The number of ketones is 1. The first-order valence-corrected chi connectivity index (χ1v) is 11.4. The van der Waals surface area contributed by atoms with E-state index in [-0.39, 0.29) is 11.3 Å². The molecule has 2 heterocycles. The molecule has 2 aliphatic heterocycles. The summed E-state index contributed by atoms with van der Waals surface area (Å²) in [4.78, 5) is 40.5. The topological polar surface area (TPSA) is 85.3 Å². The van der Waals surface area contributed by atoms with Crippen molar-refractivity contribution in [1.29, 1.82) is 0 Å². The Balaban J connectivity index is 1.93. The van der Waals surface area contributed by atoms with Crippen LogP contribution in [0.25, 0.3) is 0 Å². The average molecular weight is 481 g/mol. The molecule has 0 saturated carbocycles. The summed E-state index contributed by atoms with van der Waals surface area (Å²) in [6.07, 6.45) is 0.742. The van der Waals surface area contributed by atoms with Crippen LogP contribution in [0.5, 0.6) is 0 Å². The van der Waals surface area contributed by atoms with Crippen LogP contribution < -0.4 is 0 Å². The molecule has 2 atom stereocenters. The number of halogens is 1. The normalized spacial score (nSPS) is 18.7. The van der Waals surface area contributed by atoms with E-state index in [9.17, 15) is 14.4 Å². The lowest BCUT2D eigenvalue weighted by Crippen LogP contribution is -2.34. The number of nitrogens with zero attached hydrogens (tertiary/aromatic N) is 2. The van der Waals surface area contributed by atoms with Crippen molar-refractivity contribution in [1.82, 2.24) is 5.01 Å². The Morgan fingerprint density at radius 1 is 0.941 bits per heavy atom. The second-order valence-corrected chi connectivity index (χ2v) is 9.12. The van der Waals surface area contributed by atoms with Crippen LogP contribution in [0, 0.1) is 5.92 Å². The van der Waals surface area contributed by atoms with E-state index in [2.05, 4.69) is 5.10 Å². The Kier molecular flexibility index (Phi) is 6.57. The predicted molar refractivity (Wildman–Crippen MR) is 127 cm³/mol. The summed E-state index contributed by atoms with van der Waals surface area (Å²) >= 11 is 6.00. The number of fused-ring (bicyclic) bond motifs is 3. The van der Waals surface area contributed by atoms with Gasteiger partial charge in [-0.2, -0.15) is 5.10 Å². The summed E-state index contributed by atoms with van der Waals surface area (Å²) in [5.74, 6) is -2.93. The number of carbonyl (C=O) groups excluding carboxylic acids is 3. The fourth-order valence-electron chi connectivity index (χ4n) is 4.19. The van der Waals surface area contributed by atoms with E-state index in [1.165, 1.54) is 5.01 Å². The van der Waals surface area contributed by atoms with E-state index in [1.54, 1.807) is 58.2 Å². The highest BCUT2D eigenvalue weighted by Gasteiger charge is 2.53. The Hall–Kier alpha value is -3.45. The summed E-state index contributed by atoms with van der Waals surface area (Å²) in [6.45, 7) is 6.87. The Morgan fingerprint density at radius 2 is 1.59 bits per heavy atom. The van der Waals surface area contributed by atoms with Gasteiger partial charge >= 0.3 is 11.9 Å². The van der Waals surface area contributed by atoms with Crippen LogP contribution in [-0.2, 0) is 19.1 Å². The van der Waals surface area contributed by atoms with Crippen LogP contribution in [0.1, 0.15) is 55.2 Å². The minimum absolute atomic E-state index is 0.00516. The molecule has 7 nitrogen and oxygen atoms in total. The molecule has 0 aliphatic carbocycles. The Bertz CT molecular complexity index is 1200. The van der Waals surface area contributed by atoms with E-state index < -0.39 is 41.9 Å². The van der Waals surface area contributed by atoms with E-state index in [0.29, 0.717) is 10.6 Å². The third-order valence-corrected chi connectivity index (χ3v) is 5.75. The van der Waals surface area contributed by atoms with Gasteiger partial charge in [0.05, 0.1) is 30.0 Å². The monoisotopic (exact) mass is 480 g/mol. The molecule has 0 amide bonds. The van der Waals surface area contributed by atoms with Crippen LogP contribution in [-0.4, -0.2) is 41.2 Å². The molecule has 0 aromatic heterocycles. The fourth-order valence-corrected chi connectivity index (χ4v) is 4.32. The highest BCUT2D eigenvalue weighted by Crippen LogP contribution is 2.48. The third kappa shape index (κ3) is 4.35. The van der Waals surface area contributed by atoms with Crippen molar-refractivity contribution in [2.24, 2.45) is 11.0 Å². The third-order valence-electron chi connectivity index (χ3n) is 5.50. The lowest BCUT2D eigenvalue weighted by atomic mass is 9.86. The maximum atomic E-state index is 13.7. The number of hydrazone groups is 1. The summed E-state index contributed by atoms with van der Waals surface area (Å²) < 4.78 is 11.0. The number of hydrogen-bond donors (Lipinski definition) is 0. The van der Waals surface area contributed by atoms with Crippen molar-refractivity contribution in [3.63, 3.8) is 0 Å². The van der Waals surface area contributed by atoms with Crippen molar-refractivity contribution in [3.8, 4) is 0 Å². The molecular weight excluding hydrogens is 456 g/mol. The number of carbonyl (C=O) groups is 3. The van der Waals surface area contributed by atoms with E-state index >= 15 is 0 Å². The van der Waals surface area contributed by atoms with Gasteiger partial charge in [-0.05, 0) is 63.1 Å². The smallest absolute Gasteiger partial charge is 0.337 e. The molecule has 4 rings (SSSR count). The van der Waals surface area contributed by atoms with Crippen molar-refractivity contribution in [3.05, 3.63) is 81.5 Å². The minimum Gasteiger partial charge on any atom is -0.462 e. The molecule has 2 aromatic rings. The molecule has 34 heavy (non-hydrogen) atoms. The molecule has 0 spiro atoms. The fraction of sp³-hybridized carbons (Fsp3) is 0.308. The van der Waals surface area contributed by atoms with Gasteiger partial charge in [-0.25, -0.2) is 4.79 Å². The van der Waals surface area contributed by atoms with Gasteiger partial charge in [-0.1, -0.05) is 35.9 Å². The zero-order valence-corrected chi connectivity index (χ0v) is 20.1. The van der Waals surface area contributed by atoms with E-state index in [4.69, 9.17) is 21.1 Å². The lowest BCUT2D eigenvalue weighted by molar-refractivity contribution is -0.155. The van der Waals surface area contributed by atoms with Crippen molar-refractivity contribution in [2.45, 2.75) is 45.9 Å². The number of benzene rings is 2. The minimum atomic E-state index is -1.10. The number of rotatable bonds is 6. The maximum absolute atomic E-state index is 13.7. The van der Waals surface area contributed by atoms with Crippen LogP contribution >= 0.6 is 11.6 Å². The predicted octanol–water partition coefficient (Wildman–Crippen LogP) is 4.70. The highest BCUT2D eigenvalue weighted by atomic mass is 35.5. The van der Waals surface area contributed by atoms with Crippen LogP contribution in [0.4, 0.5) is 0 Å². The van der Waals surface area contributed by atoms with E-state index in [0.717, 1.165) is 11.1 Å². The van der Waals surface area contributed by atoms with Crippen LogP contribution in [0.2, 0.25) is 5.02 Å². The first kappa shape index (κ1) is 23.7. The molecule has 0 unspecified atom stereocenters. The van der Waals surface area contributed by atoms with Crippen LogP contribution in [0.15, 0.2) is 64.9 Å². The number of Topliss-reactive ketones (excluding diaryl/α,β-unsaturated/α-hetero) is 1. The van der Waals surface area contributed by atoms with Gasteiger partial charge in [-0.15, -0.1) is 0 Å². The summed E-state index contributed by atoms with van der Waals surface area (Å²) in [7, 11) is 0. The molecule has 0 fully saturated rings. The first-order valence-electron chi connectivity index (χ1n) is 11.1. The van der Waals surface area contributed by atoms with Gasteiger partial charge in [0, 0.05) is 10.6 Å².